The molecular formula is C5H10N2O2. The minimum absolute atomic E-state index is 0.343. The molecule has 0 saturated carbocycles. The van der Waals surface area contributed by atoms with Crippen molar-refractivity contribution in [1.29, 1.82) is 0 Å². The summed E-state index contributed by atoms with van der Waals surface area (Å²) in [6.07, 6.45) is 0. The van der Waals surface area contributed by atoms with Gasteiger partial charge >= 0.3 is 0 Å². The second kappa shape index (κ2) is 3.88. The van der Waals surface area contributed by atoms with Gasteiger partial charge in [0.2, 0.25) is 5.90 Å². The molecule has 0 aromatic rings. The van der Waals surface area contributed by atoms with Crippen molar-refractivity contribution in [3.8, 4) is 0 Å². The maximum Gasteiger partial charge on any atom is 0.299 e. The van der Waals surface area contributed by atoms with Gasteiger partial charge in [-0.05, 0) is 0 Å². The van der Waals surface area contributed by atoms with E-state index in [4.69, 9.17) is 0 Å². The highest BCUT2D eigenvalue weighted by Crippen LogP contribution is 1.80. The Morgan fingerprint density at radius 1 is 1.67 bits per heavy atom. The largest absolute Gasteiger partial charge is 0.412 e. The number of rotatable bonds is 2. The summed E-state index contributed by atoms with van der Waals surface area (Å²) < 4.78 is 4.38. The molecule has 4 heteroatoms. The zero-order chi connectivity index (χ0) is 7.28. The van der Waals surface area contributed by atoms with Gasteiger partial charge in [0, 0.05) is 21.0 Å². The molecule has 0 aliphatic rings. The maximum atomic E-state index is 9.68. The topological polar surface area (TPSA) is 41.9 Å². The minimum Gasteiger partial charge on any atom is -0.412 e. The van der Waals surface area contributed by atoms with Crippen LogP contribution in [0, 0.1) is 0 Å². The normalized spacial score (nSPS) is 10.8. The Morgan fingerprint density at radius 2 is 2.22 bits per heavy atom. The van der Waals surface area contributed by atoms with Crippen LogP contribution >= 0.6 is 0 Å². The fraction of sp³-hybridized carbons (Fsp3) is 0.600. The van der Waals surface area contributed by atoms with Crippen molar-refractivity contribution in [3.63, 3.8) is 0 Å². The summed E-state index contributed by atoms with van der Waals surface area (Å²) >= 11 is 0. The van der Waals surface area contributed by atoms with E-state index in [1.165, 1.54) is 0 Å². The van der Waals surface area contributed by atoms with Gasteiger partial charge in [-0.1, -0.05) is 0 Å². The Morgan fingerprint density at radius 3 is 2.56 bits per heavy atom. The summed E-state index contributed by atoms with van der Waals surface area (Å²) in [5.41, 5.74) is 0. The predicted octanol–water partition coefficient (Wildman–Crippen LogP) is 0.0544. The molecule has 0 bridgehead atoms. The molecule has 0 fully saturated rings. The van der Waals surface area contributed by atoms with E-state index in [9.17, 15) is 4.79 Å². The number of carbonyl (C=O) groups excluding carboxylic acids is 1. The van der Waals surface area contributed by atoms with Crippen molar-refractivity contribution in [3.05, 3.63) is 0 Å². The lowest BCUT2D eigenvalue weighted by Crippen LogP contribution is -2.08. The van der Waals surface area contributed by atoms with Gasteiger partial charge in [-0.2, -0.15) is 0 Å². The average molecular weight is 130 g/mol. The predicted molar refractivity (Wildman–Crippen MR) is 33.9 cm³/mol. The van der Waals surface area contributed by atoms with Crippen molar-refractivity contribution in [2.24, 2.45) is 5.10 Å². The summed E-state index contributed by atoms with van der Waals surface area (Å²) in [5, 5.41) is 5.32. The molecular weight excluding hydrogens is 120 g/mol. The summed E-state index contributed by atoms with van der Waals surface area (Å²) in [4.78, 5) is 9.68. The highest BCUT2D eigenvalue weighted by molar-refractivity contribution is 5.79. The van der Waals surface area contributed by atoms with Crippen LogP contribution in [0.25, 0.3) is 0 Å². The van der Waals surface area contributed by atoms with E-state index in [1.807, 2.05) is 0 Å². The number of hydrogen-bond donors (Lipinski definition) is 0. The lowest BCUT2D eigenvalue weighted by molar-refractivity contribution is -0.121. The van der Waals surface area contributed by atoms with Crippen molar-refractivity contribution in [1.82, 2.24) is 5.01 Å². The fourth-order valence-corrected chi connectivity index (χ4v) is 0.375. The van der Waals surface area contributed by atoms with Crippen LogP contribution in [-0.2, 0) is 9.53 Å². The first-order valence-corrected chi connectivity index (χ1v) is 2.49. The maximum absolute atomic E-state index is 9.68. The summed E-state index contributed by atoms with van der Waals surface area (Å²) in [6, 6.07) is 0. The highest BCUT2D eigenvalue weighted by Gasteiger charge is 1.87. The third kappa shape index (κ3) is 4.80. The van der Waals surface area contributed by atoms with Gasteiger partial charge in [-0.3, -0.25) is 9.80 Å². The molecule has 0 amide bonds. The minimum atomic E-state index is 0.343. The van der Waals surface area contributed by atoms with Crippen LogP contribution in [0.2, 0.25) is 0 Å². The molecule has 0 radical (unpaired) electrons. The third-order valence-electron chi connectivity index (χ3n) is 0.559. The molecule has 0 unspecified atom stereocenters. The molecule has 0 rings (SSSR count). The highest BCUT2D eigenvalue weighted by atomic mass is 16.5. The Bertz CT molecular complexity index is 120. The first kappa shape index (κ1) is 7.94. The third-order valence-corrected chi connectivity index (χ3v) is 0.559. The van der Waals surface area contributed by atoms with Gasteiger partial charge in [0.1, 0.15) is 0 Å². The number of ether oxygens (including phenoxy) is 1. The Balaban J connectivity index is 3.68. The zero-order valence-electron chi connectivity index (χ0n) is 5.79. The molecule has 52 valence electrons. The van der Waals surface area contributed by atoms with Gasteiger partial charge in [-0.15, -0.1) is 5.10 Å². The van der Waals surface area contributed by atoms with Crippen LogP contribution in [0.5, 0.6) is 0 Å². The fourth-order valence-electron chi connectivity index (χ4n) is 0.375. The number of hydrazone groups is 1. The SMILES string of the molecule is C/C(=N/N(C)C)OC=O. The van der Waals surface area contributed by atoms with E-state index in [1.54, 1.807) is 26.0 Å². The van der Waals surface area contributed by atoms with Crippen molar-refractivity contribution in [2.75, 3.05) is 14.1 Å². The van der Waals surface area contributed by atoms with E-state index in [0.29, 0.717) is 12.4 Å². The Labute approximate surface area is 54.1 Å². The number of nitrogens with zero attached hydrogens (tertiary/aromatic N) is 2. The molecule has 0 aliphatic heterocycles. The van der Waals surface area contributed by atoms with E-state index >= 15 is 0 Å². The molecule has 0 spiro atoms. The standard InChI is InChI=1S/C5H10N2O2/c1-5(9-4-8)6-7(2)3/h4H,1-3H3/b6-5-. The van der Waals surface area contributed by atoms with Crippen molar-refractivity contribution < 1.29 is 9.53 Å². The first-order chi connectivity index (χ1) is 4.16. The quantitative estimate of drug-likeness (QED) is 0.229. The van der Waals surface area contributed by atoms with E-state index in [-0.39, 0.29) is 0 Å². The molecule has 0 N–H and O–H groups in total. The van der Waals surface area contributed by atoms with Gasteiger partial charge < -0.3 is 4.74 Å². The first-order valence-electron chi connectivity index (χ1n) is 2.49. The monoisotopic (exact) mass is 130 g/mol. The molecule has 0 aromatic heterocycles. The van der Waals surface area contributed by atoms with Gasteiger partial charge in [0.05, 0.1) is 0 Å². The zero-order valence-corrected chi connectivity index (χ0v) is 5.79. The lowest BCUT2D eigenvalue weighted by Gasteiger charge is -2.03. The van der Waals surface area contributed by atoms with Crippen LogP contribution in [0.4, 0.5) is 0 Å². The van der Waals surface area contributed by atoms with Crippen LogP contribution in [0.1, 0.15) is 6.92 Å². The Hall–Kier alpha value is -1.06. The Kier molecular flexibility index (Phi) is 3.43. The van der Waals surface area contributed by atoms with Crippen molar-refractivity contribution >= 4 is 12.4 Å². The number of hydrogen-bond acceptors (Lipinski definition) is 4. The van der Waals surface area contributed by atoms with E-state index in [0.717, 1.165) is 0 Å². The van der Waals surface area contributed by atoms with Gasteiger partial charge in [0.15, 0.2) is 0 Å². The average Bonchev–Trinajstić information content (AvgIpc) is 1.63. The van der Waals surface area contributed by atoms with Gasteiger partial charge in [0.25, 0.3) is 6.47 Å². The van der Waals surface area contributed by atoms with Crippen LogP contribution in [0.3, 0.4) is 0 Å². The number of carbonyl (C=O) groups is 1. The molecule has 0 heterocycles. The summed E-state index contributed by atoms with van der Waals surface area (Å²) in [6.45, 7) is 1.96. The van der Waals surface area contributed by atoms with Crippen LogP contribution in [-0.4, -0.2) is 31.5 Å². The second-order valence-electron chi connectivity index (χ2n) is 1.68. The van der Waals surface area contributed by atoms with Crippen LogP contribution in [0.15, 0.2) is 5.10 Å². The molecule has 0 aromatic carbocycles. The lowest BCUT2D eigenvalue weighted by atomic mass is 10.8. The van der Waals surface area contributed by atoms with E-state index in [2.05, 4.69) is 9.84 Å². The summed E-state index contributed by atoms with van der Waals surface area (Å²) in [5.74, 6) is 0.343. The molecule has 9 heavy (non-hydrogen) atoms. The molecule has 0 atom stereocenters. The van der Waals surface area contributed by atoms with Crippen molar-refractivity contribution in [2.45, 2.75) is 6.92 Å². The van der Waals surface area contributed by atoms with Crippen LogP contribution < -0.4 is 0 Å². The molecule has 0 saturated heterocycles. The van der Waals surface area contributed by atoms with Gasteiger partial charge in [-0.25, -0.2) is 0 Å². The van der Waals surface area contributed by atoms with E-state index < -0.39 is 0 Å². The molecule has 0 aliphatic carbocycles. The second-order valence-corrected chi connectivity index (χ2v) is 1.68. The summed E-state index contributed by atoms with van der Waals surface area (Å²) in [7, 11) is 3.50. The smallest absolute Gasteiger partial charge is 0.299 e. The molecule has 4 nitrogen and oxygen atoms in total.